The van der Waals surface area contributed by atoms with Crippen LogP contribution in [0.5, 0.6) is 6.01 Å². The number of hydrogen-bond acceptors (Lipinski definition) is 6. The van der Waals surface area contributed by atoms with Crippen molar-refractivity contribution in [1.29, 1.82) is 0 Å². The molecule has 0 atom stereocenters. The molecule has 7 heteroatoms. The number of nitrogens with zero attached hydrogens (tertiary/aromatic N) is 5. The quantitative estimate of drug-likeness (QED) is 0.736. The predicted octanol–water partition coefficient (Wildman–Crippen LogP) is 3.06. The van der Waals surface area contributed by atoms with Crippen LogP contribution in [0.4, 0.5) is 5.82 Å². The van der Waals surface area contributed by atoms with Gasteiger partial charge in [-0.1, -0.05) is 6.92 Å². The molecule has 0 spiro atoms. The van der Waals surface area contributed by atoms with Gasteiger partial charge in [0.25, 0.3) is 0 Å². The minimum atomic E-state index is 0.381. The fourth-order valence-electron chi connectivity index (χ4n) is 4.61. The second-order valence-electron chi connectivity index (χ2n) is 8.43. The summed E-state index contributed by atoms with van der Waals surface area (Å²) in [6, 6.07) is 6.97. The van der Waals surface area contributed by atoms with Gasteiger partial charge in [-0.15, -0.1) is 0 Å². The van der Waals surface area contributed by atoms with Crippen molar-refractivity contribution in [2.24, 2.45) is 5.92 Å². The summed E-state index contributed by atoms with van der Waals surface area (Å²) in [5.74, 6) is 2.95. The Hall–Kier alpha value is -2.67. The van der Waals surface area contributed by atoms with Crippen LogP contribution in [0.1, 0.15) is 36.8 Å². The van der Waals surface area contributed by atoms with E-state index >= 15 is 0 Å². The zero-order chi connectivity index (χ0) is 20.0. The van der Waals surface area contributed by atoms with Crippen molar-refractivity contribution in [3.8, 4) is 11.8 Å². The van der Waals surface area contributed by atoms with Gasteiger partial charge >= 0.3 is 6.01 Å². The van der Waals surface area contributed by atoms with Crippen molar-refractivity contribution in [3.05, 3.63) is 35.5 Å². The van der Waals surface area contributed by atoms with Gasteiger partial charge in [-0.25, -0.2) is 4.68 Å². The van der Waals surface area contributed by atoms with Crippen LogP contribution in [0.25, 0.3) is 16.7 Å². The summed E-state index contributed by atoms with van der Waals surface area (Å²) in [6.07, 6.45) is 4.28. The minimum Gasteiger partial charge on any atom is -0.467 e. The lowest BCUT2D eigenvalue weighted by Gasteiger charge is -2.38. The number of aryl methyl sites for hydroxylation is 1. The molecule has 2 aliphatic rings. The highest BCUT2D eigenvalue weighted by molar-refractivity contribution is 5.82. The number of anilines is 1. The SMILES string of the molecule is COc1nc(N2CC(C)C2)cc(-n2ncc3cc(C)c(C4CCNCC4)cc32)n1. The molecule has 2 saturated heterocycles. The number of piperidine rings is 1. The van der Waals surface area contributed by atoms with Gasteiger partial charge in [-0.3, -0.25) is 0 Å². The molecule has 0 saturated carbocycles. The molecule has 0 radical (unpaired) electrons. The molecule has 3 aromatic rings. The first kappa shape index (κ1) is 18.4. The Kier molecular flexibility index (Phi) is 4.62. The maximum Gasteiger partial charge on any atom is 0.320 e. The Labute approximate surface area is 171 Å². The van der Waals surface area contributed by atoms with E-state index in [0.717, 1.165) is 48.7 Å². The number of fused-ring (bicyclic) bond motifs is 1. The highest BCUT2D eigenvalue weighted by Gasteiger charge is 2.25. The molecule has 2 aromatic heterocycles. The molecule has 2 aliphatic heterocycles. The first-order valence-electron chi connectivity index (χ1n) is 10.5. The molecule has 0 unspecified atom stereocenters. The zero-order valence-corrected chi connectivity index (χ0v) is 17.4. The van der Waals surface area contributed by atoms with Crippen LogP contribution in [-0.2, 0) is 0 Å². The van der Waals surface area contributed by atoms with Crippen molar-refractivity contribution in [1.82, 2.24) is 25.1 Å². The maximum absolute atomic E-state index is 5.39. The van der Waals surface area contributed by atoms with Crippen molar-refractivity contribution < 1.29 is 4.74 Å². The summed E-state index contributed by atoms with van der Waals surface area (Å²) in [6.45, 7) is 8.66. The number of benzene rings is 1. The van der Waals surface area contributed by atoms with Gasteiger partial charge in [0.15, 0.2) is 5.82 Å². The van der Waals surface area contributed by atoms with Crippen LogP contribution in [0, 0.1) is 12.8 Å². The molecule has 1 N–H and O–H groups in total. The number of hydrogen-bond donors (Lipinski definition) is 1. The third-order valence-corrected chi connectivity index (χ3v) is 6.20. The second kappa shape index (κ2) is 7.30. The first-order chi connectivity index (χ1) is 14.1. The Balaban J connectivity index is 1.58. The highest BCUT2D eigenvalue weighted by atomic mass is 16.5. The van der Waals surface area contributed by atoms with E-state index in [1.165, 1.54) is 24.0 Å². The van der Waals surface area contributed by atoms with Gasteiger partial charge in [-0.2, -0.15) is 15.1 Å². The first-order valence-corrected chi connectivity index (χ1v) is 10.5. The number of methoxy groups -OCH3 is 1. The average Bonchev–Trinajstić information content (AvgIpc) is 3.13. The van der Waals surface area contributed by atoms with E-state index in [9.17, 15) is 0 Å². The lowest BCUT2D eigenvalue weighted by atomic mass is 9.87. The Bertz CT molecular complexity index is 1030. The van der Waals surface area contributed by atoms with E-state index in [1.54, 1.807) is 7.11 Å². The topological polar surface area (TPSA) is 68.1 Å². The molecule has 152 valence electrons. The lowest BCUT2D eigenvalue weighted by Crippen LogP contribution is -2.45. The number of rotatable bonds is 4. The molecule has 0 bridgehead atoms. The predicted molar refractivity (Wildman–Crippen MR) is 114 cm³/mol. The monoisotopic (exact) mass is 392 g/mol. The minimum absolute atomic E-state index is 0.381. The number of ether oxygens (including phenoxy) is 1. The Morgan fingerprint density at radius 3 is 2.55 bits per heavy atom. The summed E-state index contributed by atoms with van der Waals surface area (Å²) in [4.78, 5) is 11.4. The van der Waals surface area contributed by atoms with Gasteiger partial charge in [0.2, 0.25) is 0 Å². The molecular formula is C22H28N6O. The highest BCUT2D eigenvalue weighted by Crippen LogP contribution is 2.32. The molecule has 5 rings (SSSR count). The van der Waals surface area contributed by atoms with Crippen LogP contribution in [0.3, 0.4) is 0 Å². The third kappa shape index (κ3) is 3.33. The molecule has 7 nitrogen and oxygen atoms in total. The zero-order valence-electron chi connectivity index (χ0n) is 17.4. The Morgan fingerprint density at radius 2 is 1.83 bits per heavy atom. The second-order valence-corrected chi connectivity index (χ2v) is 8.43. The largest absolute Gasteiger partial charge is 0.467 e. The van der Waals surface area contributed by atoms with E-state index in [4.69, 9.17) is 4.74 Å². The van der Waals surface area contributed by atoms with Gasteiger partial charge < -0.3 is 15.0 Å². The van der Waals surface area contributed by atoms with Gasteiger partial charge in [0.1, 0.15) is 5.82 Å². The molecule has 1 aromatic carbocycles. The van der Waals surface area contributed by atoms with E-state index in [0.29, 0.717) is 17.8 Å². The lowest BCUT2D eigenvalue weighted by molar-refractivity contribution is 0.375. The van der Waals surface area contributed by atoms with Gasteiger partial charge in [0.05, 0.1) is 18.8 Å². The molecular weight excluding hydrogens is 364 g/mol. The molecule has 0 aliphatic carbocycles. The summed E-state index contributed by atoms with van der Waals surface area (Å²) in [5, 5.41) is 9.27. The molecule has 29 heavy (non-hydrogen) atoms. The standard InChI is InChI=1S/C22H28N6O/c1-14-12-27(13-14)20-10-21(26-22(25-20)29-3)28-19-9-18(16-4-6-23-7-5-16)15(2)8-17(19)11-24-28/h8-11,14,16,23H,4-7,12-13H2,1-3H3. The molecule has 0 amide bonds. The van der Waals surface area contributed by atoms with Gasteiger partial charge in [0, 0.05) is 24.5 Å². The van der Waals surface area contributed by atoms with Crippen LogP contribution in [0.2, 0.25) is 0 Å². The van der Waals surface area contributed by atoms with Crippen molar-refractivity contribution in [3.63, 3.8) is 0 Å². The van der Waals surface area contributed by atoms with E-state index in [1.807, 2.05) is 16.9 Å². The third-order valence-electron chi connectivity index (χ3n) is 6.20. The van der Waals surface area contributed by atoms with Crippen LogP contribution in [-0.4, -0.2) is 53.0 Å². The molecule has 2 fully saturated rings. The fourth-order valence-corrected chi connectivity index (χ4v) is 4.61. The fraction of sp³-hybridized carbons (Fsp3) is 0.500. The van der Waals surface area contributed by atoms with Crippen molar-refractivity contribution in [2.45, 2.75) is 32.6 Å². The molecule has 4 heterocycles. The van der Waals surface area contributed by atoms with Crippen molar-refractivity contribution >= 4 is 16.7 Å². The Morgan fingerprint density at radius 1 is 1.07 bits per heavy atom. The summed E-state index contributed by atoms with van der Waals surface area (Å²) in [7, 11) is 1.61. The summed E-state index contributed by atoms with van der Waals surface area (Å²) >= 11 is 0. The van der Waals surface area contributed by atoms with E-state index < -0.39 is 0 Å². The maximum atomic E-state index is 5.39. The number of aromatic nitrogens is 4. The van der Waals surface area contributed by atoms with Crippen LogP contribution < -0.4 is 15.0 Å². The number of nitrogens with one attached hydrogen (secondary N) is 1. The van der Waals surface area contributed by atoms with E-state index in [2.05, 4.69) is 51.3 Å². The normalized spacial score (nSPS) is 18.2. The summed E-state index contributed by atoms with van der Waals surface area (Å²) in [5.41, 5.74) is 3.87. The smallest absolute Gasteiger partial charge is 0.320 e. The van der Waals surface area contributed by atoms with Crippen LogP contribution in [0.15, 0.2) is 24.4 Å². The van der Waals surface area contributed by atoms with Gasteiger partial charge in [-0.05, 0) is 68.0 Å². The average molecular weight is 393 g/mol. The van der Waals surface area contributed by atoms with Crippen LogP contribution >= 0.6 is 0 Å². The van der Waals surface area contributed by atoms with E-state index in [-0.39, 0.29) is 0 Å². The summed E-state index contributed by atoms with van der Waals surface area (Å²) < 4.78 is 7.32. The van der Waals surface area contributed by atoms with Crippen molar-refractivity contribution in [2.75, 3.05) is 38.2 Å².